The van der Waals surface area contributed by atoms with E-state index in [1.165, 1.54) is 10.9 Å². The summed E-state index contributed by atoms with van der Waals surface area (Å²) >= 11 is 0. The Morgan fingerprint density at radius 2 is 1.86 bits per heavy atom. The summed E-state index contributed by atoms with van der Waals surface area (Å²) < 4.78 is 11.9. The van der Waals surface area contributed by atoms with Crippen LogP contribution in [0, 0.1) is 0 Å². The topological polar surface area (TPSA) is 87.2 Å². The summed E-state index contributed by atoms with van der Waals surface area (Å²) in [4.78, 5) is 28.7. The highest BCUT2D eigenvalue weighted by molar-refractivity contribution is 5.77. The predicted octanol–water partition coefficient (Wildman–Crippen LogP) is 3.19. The van der Waals surface area contributed by atoms with Gasteiger partial charge < -0.3 is 9.26 Å². The molecule has 0 fully saturated rings. The van der Waals surface area contributed by atoms with E-state index in [9.17, 15) is 9.59 Å². The van der Waals surface area contributed by atoms with Crippen LogP contribution in [-0.2, 0) is 22.7 Å². The van der Waals surface area contributed by atoms with Crippen LogP contribution in [0.15, 0.2) is 76.3 Å². The molecule has 4 aromatic rings. The van der Waals surface area contributed by atoms with Crippen molar-refractivity contribution < 1.29 is 14.1 Å². The molecule has 0 aliphatic carbocycles. The van der Waals surface area contributed by atoms with Gasteiger partial charge in [0.05, 0.1) is 23.7 Å². The van der Waals surface area contributed by atoms with E-state index in [1.807, 2.05) is 36.4 Å². The van der Waals surface area contributed by atoms with Crippen molar-refractivity contribution in [3.63, 3.8) is 0 Å². The molecular weight excluding hydrogens is 358 g/mol. The normalized spacial score (nSPS) is 10.9. The number of esters is 1. The zero-order valence-corrected chi connectivity index (χ0v) is 14.9. The molecule has 0 saturated heterocycles. The zero-order chi connectivity index (χ0) is 19.3. The van der Waals surface area contributed by atoms with Crippen LogP contribution < -0.4 is 5.56 Å². The first-order chi connectivity index (χ1) is 13.7. The van der Waals surface area contributed by atoms with Crippen molar-refractivity contribution in [2.45, 2.75) is 19.6 Å². The fourth-order valence-corrected chi connectivity index (χ4v) is 2.82. The van der Waals surface area contributed by atoms with Gasteiger partial charge in [-0.25, -0.2) is 4.98 Å². The molecule has 28 heavy (non-hydrogen) atoms. The molecule has 0 atom stereocenters. The molecule has 0 bridgehead atoms. The Balaban J connectivity index is 1.34. The summed E-state index contributed by atoms with van der Waals surface area (Å²) in [6, 6.07) is 18.4. The van der Waals surface area contributed by atoms with Gasteiger partial charge in [-0.2, -0.15) is 0 Å². The van der Waals surface area contributed by atoms with Gasteiger partial charge in [0, 0.05) is 18.2 Å². The Kier molecular flexibility index (Phi) is 4.97. The second-order valence-corrected chi connectivity index (χ2v) is 6.22. The van der Waals surface area contributed by atoms with Crippen molar-refractivity contribution in [1.82, 2.24) is 14.7 Å². The summed E-state index contributed by atoms with van der Waals surface area (Å²) in [5.74, 6) is 0.185. The third-order valence-corrected chi connectivity index (χ3v) is 4.29. The maximum Gasteiger partial charge on any atom is 0.307 e. The number of para-hydroxylation sites is 1. The summed E-state index contributed by atoms with van der Waals surface area (Å²) in [6.07, 6.45) is 1.50. The van der Waals surface area contributed by atoms with Crippen LogP contribution in [0.4, 0.5) is 0 Å². The molecule has 0 spiro atoms. The van der Waals surface area contributed by atoms with E-state index < -0.39 is 5.97 Å². The van der Waals surface area contributed by atoms with Crippen LogP contribution in [-0.4, -0.2) is 20.7 Å². The first-order valence-corrected chi connectivity index (χ1v) is 8.81. The smallest absolute Gasteiger partial charge is 0.307 e. The van der Waals surface area contributed by atoms with Crippen molar-refractivity contribution in [2.75, 3.05) is 0 Å². The summed E-state index contributed by atoms with van der Waals surface area (Å²) in [5.41, 5.74) is 1.88. The Bertz CT molecular complexity index is 1160. The number of aryl methyl sites for hydroxylation is 1. The molecule has 7 heteroatoms. The number of benzene rings is 2. The van der Waals surface area contributed by atoms with Gasteiger partial charge in [-0.05, 0) is 12.1 Å². The lowest BCUT2D eigenvalue weighted by Gasteiger charge is -2.06. The van der Waals surface area contributed by atoms with E-state index in [0.717, 1.165) is 5.56 Å². The van der Waals surface area contributed by atoms with Crippen LogP contribution in [0.25, 0.3) is 22.2 Å². The highest BCUT2D eigenvalue weighted by Gasteiger charge is 2.10. The number of fused-ring (bicyclic) bond motifs is 1. The highest BCUT2D eigenvalue weighted by atomic mass is 16.5. The van der Waals surface area contributed by atoms with Gasteiger partial charge in [0.1, 0.15) is 12.3 Å². The van der Waals surface area contributed by atoms with Crippen LogP contribution in [0.2, 0.25) is 0 Å². The minimum absolute atomic E-state index is 0.0139. The molecule has 2 aromatic heterocycles. The van der Waals surface area contributed by atoms with Crippen LogP contribution in [0.1, 0.15) is 12.1 Å². The van der Waals surface area contributed by atoms with E-state index in [1.54, 1.807) is 24.3 Å². The SMILES string of the molecule is O=C(CCn1cnc2ccccc2c1=O)OCc1cc(-c2ccccc2)on1. The molecule has 0 unspecified atom stereocenters. The lowest BCUT2D eigenvalue weighted by molar-refractivity contribution is -0.145. The minimum Gasteiger partial charge on any atom is -0.459 e. The number of hydrogen-bond donors (Lipinski definition) is 0. The van der Waals surface area contributed by atoms with Gasteiger partial charge in [-0.15, -0.1) is 0 Å². The van der Waals surface area contributed by atoms with Crippen molar-refractivity contribution in [3.8, 4) is 11.3 Å². The monoisotopic (exact) mass is 375 g/mol. The number of aromatic nitrogens is 3. The minimum atomic E-state index is -0.427. The Labute approximate surface area is 160 Å². The molecule has 2 aromatic carbocycles. The number of hydrogen-bond acceptors (Lipinski definition) is 6. The van der Waals surface area contributed by atoms with Crippen LogP contribution in [0.5, 0.6) is 0 Å². The van der Waals surface area contributed by atoms with E-state index in [4.69, 9.17) is 9.26 Å². The molecule has 0 saturated carbocycles. The molecule has 0 aliphatic rings. The fraction of sp³-hybridized carbons (Fsp3) is 0.143. The molecule has 7 nitrogen and oxygen atoms in total. The van der Waals surface area contributed by atoms with Crippen molar-refractivity contribution in [2.24, 2.45) is 0 Å². The number of rotatable bonds is 6. The number of nitrogens with zero attached hydrogens (tertiary/aromatic N) is 3. The number of carbonyl (C=O) groups is 1. The Morgan fingerprint density at radius 3 is 2.71 bits per heavy atom. The highest BCUT2D eigenvalue weighted by Crippen LogP contribution is 2.20. The molecular formula is C21H17N3O4. The zero-order valence-electron chi connectivity index (χ0n) is 14.9. The van der Waals surface area contributed by atoms with Gasteiger partial charge in [-0.3, -0.25) is 14.2 Å². The maximum atomic E-state index is 12.4. The Hall–Kier alpha value is -3.74. The lowest BCUT2D eigenvalue weighted by Crippen LogP contribution is -2.22. The number of carbonyl (C=O) groups excluding carboxylic acids is 1. The standard InChI is InChI=1S/C21H17N3O4/c25-20(10-11-24-14-22-18-9-5-4-8-17(18)21(24)26)27-13-16-12-19(28-23-16)15-6-2-1-3-7-15/h1-9,12,14H,10-11,13H2. The first kappa shape index (κ1) is 17.7. The van der Waals surface area contributed by atoms with Gasteiger partial charge in [0.2, 0.25) is 0 Å². The number of ether oxygens (including phenoxy) is 1. The van der Waals surface area contributed by atoms with Crippen molar-refractivity contribution in [3.05, 3.63) is 83.0 Å². The third-order valence-electron chi connectivity index (χ3n) is 4.29. The summed E-state index contributed by atoms with van der Waals surface area (Å²) in [5, 5.41) is 4.44. The summed E-state index contributed by atoms with van der Waals surface area (Å²) in [6.45, 7) is 0.212. The van der Waals surface area contributed by atoms with Crippen LogP contribution >= 0.6 is 0 Å². The quantitative estimate of drug-likeness (QED) is 0.481. The molecule has 0 radical (unpaired) electrons. The molecule has 140 valence electrons. The summed E-state index contributed by atoms with van der Waals surface area (Å²) in [7, 11) is 0. The Morgan fingerprint density at radius 1 is 1.07 bits per heavy atom. The van der Waals surface area contributed by atoms with Gasteiger partial charge >= 0.3 is 5.97 Å². The average molecular weight is 375 g/mol. The molecule has 2 heterocycles. The first-order valence-electron chi connectivity index (χ1n) is 8.81. The largest absolute Gasteiger partial charge is 0.459 e. The molecule has 0 amide bonds. The fourth-order valence-electron chi connectivity index (χ4n) is 2.82. The molecule has 4 rings (SSSR count). The van der Waals surface area contributed by atoms with E-state index in [0.29, 0.717) is 22.4 Å². The second kappa shape index (κ2) is 7.87. The van der Waals surface area contributed by atoms with E-state index in [2.05, 4.69) is 10.1 Å². The van der Waals surface area contributed by atoms with Gasteiger partial charge in [0.25, 0.3) is 5.56 Å². The average Bonchev–Trinajstić information content (AvgIpc) is 3.22. The lowest BCUT2D eigenvalue weighted by atomic mass is 10.2. The van der Waals surface area contributed by atoms with Gasteiger partial charge in [-0.1, -0.05) is 47.6 Å². The second-order valence-electron chi connectivity index (χ2n) is 6.22. The van der Waals surface area contributed by atoms with Gasteiger partial charge in [0.15, 0.2) is 5.76 Å². The maximum absolute atomic E-state index is 12.4. The third kappa shape index (κ3) is 3.83. The van der Waals surface area contributed by atoms with Crippen molar-refractivity contribution >= 4 is 16.9 Å². The molecule has 0 N–H and O–H groups in total. The van der Waals surface area contributed by atoms with E-state index in [-0.39, 0.29) is 25.1 Å². The van der Waals surface area contributed by atoms with Crippen LogP contribution in [0.3, 0.4) is 0 Å². The molecule has 0 aliphatic heterocycles. The van der Waals surface area contributed by atoms with Crippen molar-refractivity contribution in [1.29, 1.82) is 0 Å². The van der Waals surface area contributed by atoms with E-state index >= 15 is 0 Å². The predicted molar refractivity (Wildman–Crippen MR) is 102 cm³/mol.